The van der Waals surface area contributed by atoms with E-state index < -0.39 is 0 Å². The third-order valence-corrected chi connectivity index (χ3v) is 7.07. The number of nitrogens with one attached hydrogen (secondary N) is 1. The van der Waals surface area contributed by atoms with Crippen molar-refractivity contribution in [3.05, 3.63) is 46.6 Å². The van der Waals surface area contributed by atoms with Gasteiger partial charge >= 0.3 is 0 Å². The zero-order valence-corrected chi connectivity index (χ0v) is 20.7. The smallest absolute Gasteiger partial charge is 0.261 e. The number of amides is 1. The number of nitrogens with zero attached hydrogens (tertiary/aromatic N) is 4. The Balaban J connectivity index is 1.47. The Labute approximate surface area is 199 Å². The number of thiophene rings is 1. The number of carbonyl (C=O) groups is 1. The molecule has 1 saturated heterocycles. The van der Waals surface area contributed by atoms with E-state index in [0.717, 1.165) is 65.6 Å². The number of anilines is 1. The van der Waals surface area contributed by atoms with E-state index in [-0.39, 0.29) is 12.0 Å². The van der Waals surface area contributed by atoms with Gasteiger partial charge in [-0.3, -0.25) is 9.69 Å². The van der Waals surface area contributed by atoms with Crippen LogP contribution in [0.1, 0.15) is 48.0 Å². The highest BCUT2D eigenvalue weighted by atomic mass is 32.1. The summed E-state index contributed by atoms with van der Waals surface area (Å²) in [6.45, 7) is 13.8. The van der Waals surface area contributed by atoms with Gasteiger partial charge in [0.1, 0.15) is 22.7 Å². The largest absolute Gasteiger partial charge is 0.491 e. The summed E-state index contributed by atoms with van der Waals surface area (Å²) in [7, 11) is 0. The molecule has 33 heavy (non-hydrogen) atoms. The number of fused-ring (bicyclic) bond motifs is 1. The van der Waals surface area contributed by atoms with Gasteiger partial charge in [0.05, 0.1) is 16.4 Å². The SMILES string of the molecule is CCCN1CCN(c2ncnc3sc(C(=O)NCc4ccc(OC(C)C)cc4)c(C)c23)CC1. The number of hydrogen-bond acceptors (Lipinski definition) is 7. The van der Waals surface area contributed by atoms with Gasteiger partial charge in [0.25, 0.3) is 5.91 Å². The Kier molecular flexibility index (Phi) is 7.45. The normalized spacial score (nSPS) is 14.8. The molecule has 3 heterocycles. The van der Waals surface area contributed by atoms with Crippen LogP contribution in [0.4, 0.5) is 5.82 Å². The molecule has 0 saturated carbocycles. The van der Waals surface area contributed by atoms with E-state index in [9.17, 15) is 4.79 Å². The summed E-state index contributed by atoms with van der Waals surface area (Å²) in [5.74, 6) is 1.71. The molecule has 1 aliphatic heterocycles. The van der Waals surface area contributed by atoms with E-state index in [0.29, 0.717) is 11.4 Å². The monoisotopic (exact) mass is 467 g/mol. The second kappa shape index (κ2) is 10.5. The molecule has 8 heteroatoms. The lowest BCUT2D eigenvalue weighted by Crippen LogP contribution is -2.46. The Hall–Kier alpha value is -2.71. The van der Waals surface area contributed by atoms with Crippen LogP contribution in [-0.2, 0) is 6.54 Å². The second-order valence-electron chi connectivity index (χ2n) is 8.76. The van der Waals surface area contributed by atoms with Crippen molar-refractivity contribution in [1.29, 1.82) is 0 Å². The van der Waals surface area contributed by atoms with Crippen LogP contribution in [0.2, 0.25) is 0 Å². The van der Waals surface area contributed by atoms with Crippen molar-refractivity contribution < 1.29 is 9.53 Å². The number of piperazine rings is 1. The van der Waals surface area contributed by atoms with Gasteiger partial charge in [0.15, 0.2) is 0 Å². The van der Waals surface area contributed by atoms with Gasteiger partial charge < -0.3 is 15.0 Å². The number of benzene rings is 1. The molecular formula is C25H33N5O2S. The molecule has 7 nitrogen and oxygen atoms in total. The van der Waals surface area contributed by atoms with Crippen LogP contribution in [0.25, 0.3) is 10.2 Å². The van der Waals surface area contributed by atoms with Crippen LogP contribution in [0.3, 0.4) is 0 Å². The van der Waals surface area contributed by atoms with Crippen LogP contribution in [-0.4, -0.2) is 59.6 Å². The number of aromatic nitrogens is 2. The first kappa shape index (κ1) is 23.4. The fourth-order valence-electron chi connectivity index (χ4n) is 4.23. The molecule has 0 bridgehead atoms. The van der Waals surface area contributed by atoms with Gasteiger partial charge in [-0.15, -0.1) is 11.3 Å². The molecule has 2 aromatic heterocycles. The van der Waals surface area contributed by atoms with Crippen molar-refractivity contribution in [3.63, 3.8) is 0 Å². The molecular weight excluding hydrogens is 434 g/mol. The van der Waals surface area contributed by atoms with E-state index >= 15 is 0 Å². The predicted molar refractivity (Wildman–Crippen MR) is 134 cm³/mol. The van der Waals surface area contributed by atoms with E-state index in [1.165, 1.54) is 17.8 Å². The third kappa shape index (κ3) is 5.45. The van der Waals surface area contributed by atoms with Gasteiger partial charge in [0.2, 0.25) is 0 Å². The Morgan fingerprint density at radius 2 is 1.88 bits per heavy atom. The predicted octanol–water partition coefficient (Wildman–Crippen LogP) is 4.25. The number of carbonyl (C=O) groups excluding carboxylic acids is 1. The molecule has 1 fully saturated rings. The first-order valence-electron chi connectivity index (χ1n) is 11.7. The quantitative estimate of drug-likeness (QED) is 0.534. The summed E-state index contributed by atoms with van der Waals surface area (Å²) < 4.78 is 5.69. The lowest BCUT2D eigenvalue weighted by atomic mass is 10.1. The molecule has 1 aromatic carbocycles. The maximum Gasteiger partial charge on any atom is 0.261 e. The standard InChI is InChI=1S/C25H33N5O2S/c1-5-10-29-11-13-30(14-12-29)23-21-18(4)22(33-25(21)28-16-27-23)24(31)26-15-19-6-8-20(9-7-19)32-17(2)3/h6-9,16-17H,5,10-15H2,1-4H3,(H,26,31). The topological polar surface area (TPSA) is 70.6 Å². The maximum absolute atomic E-state index is 13.0. The van der Waals surface area contributed by atoms with E-state index in [4.69, 9.17) is 4.74 Å². The molecule has 0 atom stereocenters. The molecule has 1 aliphatic rings. The van der Waals surface area contributed by atoms with Crippen molar-refractivity contribution in [1.82, 2.24) is 20.2 Å². The fraction of sp³-hybridized carbons (Fsp3) is 0.480. The van der Waals surface area contributed by atoms with Crippen LogP contribution in [0, 0.1) is 6.92 Å². The summed E-state index contributed by atoms with van der Waals surface area (Å²) >= 11 is 1.44. The van der Waals surface area contributed by atoms with Gasteiger partial charge in [-0.25, -0.2) is 9.97 Å². The van der Waals surface area contributed by atoms with Gasteiger partial charge in [0, 0.05) is 32.7 Å². The molecule has 3 aromatic rings. The van der Waals surface area contributed by atoms with E-state index in [2.05, 4.69) is 32.0 Å². The number of hydrogen-bond donors (Lipinski definition) is 1. The van der Waals surface area contributed by atoms with Crippen molar-refractivity contribution in [3.8, 4) is 5.75 Å². The van der Waals surface area contributed by atoms with Gasteiger partial charge in [-0.2, -0.15) is 0 Å². The summed E-state index contributed by atoms with van der Waals surface area (Å²) in [6.07, 6.45) is 2.93. The summed E-state index contributed by atoms with van der Waals surface area (Å²) in [5, 5.41) is 4.06. The average molecular weight is 468 g/mol. The highest BCUT2D eigenvalue weighted by molar-refractivity contribution is 7.20. The first-order chi connectivity index (χ1) is 16.0. The average Bonchev–Trinajstić information content (AvgIpc) is 3.16. The first-order valence-corrected chi connectivity index (χ1v) is 12.5. The van der Waals surface area contributed by atoms with Gasteiger partial charge in [-0.1, -0.05) is 19.1 Å². The Bertz CT molecular complexity index is 1090. The number of rotatable bonds is 8. The highest BCUT2D eigenvalue weighted by Crippen LogP contribution is 2.35. The number of ether oxygens (including phenoxy) is 1. The van der Waals surface area contributed by atoms with Crippen LogP contribution in [0.5, 0.6) is 5.75 Å². The molecule has 1 N–H and O–H groups in total. The second-order valence-corrected chi connectivity index (χ2v) is 9.75. The summed E-state index contributed by atoms with van der Waals surface area (Å²) in [4.78, 5) is 28.5. The molecule has 0 radical (unpaired) electrons. The lowest BCUT2D eigenvalue weighted by Gasteiger charge is -2.35. The third-order valence-electron chi connectivity index (χ3n) is 5.87. The molecule has 1 amide bonds. The summed E-state index contributed by atoms with van der Waals surface area (Å²) in [6, 6.07) is 7.84. The Morgan fingerprint density at radius 1 is 1.15 bits per heavy atom. The molecule has 0 aliphatic carbocycles. The molecule has 176 valence electrons. The maximum atomic E-state index is 13.0. The van der Waals surface area contributed by atoms with Crippen molar-refractivity contribution in [2.75, 3.05) is 37.6 Å². The molecule has 0 unspecified atom stereocenters. The van der Waals surface area contributed by atoms with Crippen molar-refractivity contribution in [2.24, 2.45) is 0 Å². The summed E-state index contributed by atoms with van der Waals surface area (Å²) in [5.41, 5.74) is 1.99. The zero-order chi connectivity index (χ0) is 23.4. The Morgan fingerprint density at radius 3 is 2.55 bits per heavy atom. The lowest BCUT2D eigenvalue weighted by molar-refractivity contribution is 0.0954. The highest BCUT2D eigenvalue weighted by Gasteiger charge is 2.24. The number of aryl methyl sites for hydroxylation is 1. The minimum absolute atomic E-state index is 0.0725. The van der Waals surface area contributed by atoms with E-state index in [1.807, 2.05) is 45.0 Å². The van der Waals surface area contributed by atoms with Crippen LogP contribution < -0.4 is 15.0 Å². The van der Waals surface area contributed by atoms with Crippen LogP contribution >= 0.6 is 11.3 Å². The molecule has 4 rings (SSSR count). The van der Waals surface area contributed by atoms with E-state index in [1.54, 1.807) is 6.33 Å². The molecule has 0 spiro atoms. The van der Waals surface area contributed by atoms with Crippen molar-refractivity contribution in [2.45, 2.75) is 46.8 Å². The van der Waals surface area contributed by atoms with Crippen molar-refractivity contribution >= 4 is 33.3 Å². The van der Waals surface area contributed by atoms with Crippen LogP contribution in [0.15, 0.2) is 30.6 Å². The minimum atomic E-state index is -0.0725. The minimum Gasteiger partial charge on any atom is -0.491 e. The zero-order valence-electron chi connectivity index (χ0n) is 19.9. The fourth-order valence-corrected chi connectivity index (χ4v) is 5.29. The van der Waals surface area contributed by atoms with Gasteiger partial charge in [-0.05, 0) is 57.0 Å².